The van der Waals surface area contributed by atoms with E-state index in [1.54, 1.807) is 24.5 Å². The molecule has 1 N–H and O–H groups in total. The van der Waals surface area contributed by atoms with Crippen molar-refractivity contribution in [1.82, 2.24) is 24.8 Å². The fraction of sp³-hybridized carbons (Fsp3) is 0.375. The van der Waals surface area contributed by atoms with Crippen molar-refractivity contribution in [3.05, 3.63) is 65.9 Å². The van der Waals surface area contributed by atoms with Crippen LogP contribution in [0.4, 0.5) is 19.0 Å². The van der Waals surface area contributed by atoms with Gasteiger partial charge in [0.05, 0.1) is 5.56 Å². The number of rotatable bonds is 5. The molecular formula is C24H23F3N6O. The number of alkyl halides is 3. The van der Waals surface area contributed by atoms with E-state index < -0.39 is 11.7 Å². The minimum Gasteiger partial charge on any atom is -0.368 e. The van der Waals surface area contributed by atoms with E-state index in [0.717, 1.165) is 30.7 Å². The Hall–Kier alpha value is -3.56. The molecule has 2 fully saturated rings. The summed E-state index contributed by atoms with van der Waals surface area (Å²) in [4.78, 5) is 32.3. The third kappa shape index (κ3) is 4.71. The highest BCUT2D eigenvalue weighted by Crippen LogP contribution is 2.47. The standard InChI is InChI=1S/C24H23F3N6O/c1-14-7-16(22-28-5-2-6-29-22)10-20(32-14)23(34)33-13-17-8-15(17)9-19(33)12-31-21-4-3-18(11-30-21)24(25,26)27/h2-7,10-11,15,17,19H,8-9,12-13H2,1H3,(H,30,31)/t15-,17+,19+/m1/s1. The van der Waals surface area contributed by atoms with Gasteiger partial charge in [-0.1, -0.05) is 0 Å². The van der Waals surface area contributed by atoms with E-state index >= 15 is 0 Å². The normalized spacial score (nSPS) is 21.6. The van der Waals surface area contributed by atoms with E-state index in [1.807, 2.05) is 17.9 Å². The highest BCUT2D eigenvalue weighted by molar-refractivity contribution is 5.94. The molecule has 0 aromatic carbocycles. The van der Waals surface area contributed by atoms with Crippen molar-refractivity contribution < 1.29 is 18.0 Å². The molecule has 5 rings (SSSR count). The summed E-state index contributed by atoms with van der Waals surface area (Å²) in [5.41, 5.74) is 0.955. The minimum atomic E-state index is -4.43. The van der Waals surface area contributed by atoms with E-state index in [9.17, 15) is 18.0 Å². The molecule has 10 heteroatoms. The summed E-state index contributed by atoms with van der Waals surface area (Å²) in [6, 6.07) is 7.48. The maximum atomic E-state index is 13.5. The average Bonchev–Trinajstić information content (AvgIpc) is 3.60. The summed E-state index contributed by atoms with van der Waals surface area (Å²) < 4.78 is 38.4. The smallest absolute Gasteiger partial charge is 0.368 e. The molecule has 1 saturated carbocycles. The Morgan fingerprint density at radius 1 is 1.12 bits per heavy atom. The highest BCUT2D eigenvalue weighted by atomic mass is 19.4. The molecule has 3 aromatic heterocycles. The molecule has 176 valence electrons. The molecular weight excluding hydrogens is 445 g/mol. The van der Waals surface area contributed by atoms with Gasteiger partial charge >= 0.3 is 6.18 Å². The molecule has 3 aromatic rings. The number of likely N-dealkylation sites (tertiary alicyclic amines) is 1. The molecule has 1 aliphatic heterocycles. The van der Waals surface area contributed by atoms with Crippen LogP contribution in [0.15, 0.2) is 48.9 Å². The summed E-state index contributed by atoms with van der Waals surface area (Å²) in [5, 5.41) is 3.10. The van der Waals surface area contributed by atoms with Crippen LogP contribution in [0, 0.1) is 18.8 Å². The van der Waals surface area contributed by atoms with Crippen molar-refractivity contribution in [3.8, 4) is 11.4 Å². The number of halogens is 3. The first-order valence-corrected chi connectivity index (χ1v) is 11.1. The van der Waals surface area contributed by atoms with Gasteiger partial charge in [0, 0.05) is 49.0 Å². The second kappa shape index (κ2) is 8.66. The molecule has 7 nitrogen and oxygen atoms in total. The molecule has 34 heavy (non-hydrogen) atoms. The van der Waals surface area contributed by atoms with Gasteiger partial charge in [-0.15, -0.1) is 0 Å². The lowest BCUT2D eigenvalue weighted by atomic mass is 10.0. The van der Waals surface area contributed by atoms with Gasteiger partial charge in [-0.3, -0.25) is 4.79 Å². The monoisotopic (exact) mass is 468 g/mol. The van der Waals surface area contributed by atoms with Gasteiger partial charge in [-0.25, -0.2) is 19.9 Å². The van der Waals surface area contributed by atoms with Crippen LogP contribution >= 0.6 is 0 Å². The number of carbonyl (C=O) groups excluding carboxylic acids is 1. The predicted molar refractivity (Wildman–Crippen MR) is 119 cm³/mol. The molecule has 0 bridgehead atoms. The fourth-order valence-electron chi connectivity index (χ4n) is 4.53. The minimum absolute atomic E-state index is 0.112. The summed E-state index contributed by atoms with van der Waals surface area (Å²) in [6.07, 6.45) is 1.60. The lowest BCUT2D eigenvalue weighted by molar-refractivity contribution is -0.137. The van der Waals surface area contributed by atoms with Crippen LogP contribution in [0.5, 0.6) is 0 Å². The lowest BCUT2D eigenvalue weighted by Gasteiger charge is -2.35. The quantitative estimate of drug-likeness (QED) is 0.604. The number of hydrogen-bond donors (Lipinski definition) is 1. The van der Waals surface area contributed by atoms with Crippen LogP contribution in [0.1, 0.15) is 34.6 Å². The molecule has 1 aliphatic carbocycles. The van der Waals surface area contributed by atoms with Gasteiger partial charge in [0.15, 0.2) is 5.82 Å². The molecule has 0 radical (unpaired) electrons. The number of amides is 1. The number of nitrogens with one attached hydrogen (secondary N) is 1. The predicted octanol–water partition coefficient (Wildman–Crippen LogP) is 4.22. The maximum Gasteiger partial charge on any atom is 0.417 e. The Kier molecular flexibility index (Phi) is 5.66. The summed E-state index contributed by atoms with van der Waals surface area (Å²) >= 11 is 0. The number of anilines is 1. The Labute approximate surface area is 194 Å². The molecule has 1 amide bonds. The summed E-state index contributed by atoms with van der Waals surface area (Å²) in [5.74, 6) is 1.77. The first-order chi connectivity index (χ1) is 16.3. The van der Waals surface area contributed by atoms with Crippen molar-refractivity contribution in [2.45, 2.75) is 32.0 Å². The van der Waals surface area contributed by atoms with E-state index in [1.165, 1.54) is 6.07 Å². The first kappa shape index (κ1) is 22.2. The number of fused-ring (bicyclic) bond motifs is 1. The zero-order valence-corrected chi connectivity index (χ0v) is 18.5. The van der Waals surface area contributed by atoms with Crippen molar-refractivity contribution in [3.63, 3.8) is 0 Å². The largest absolute Gasteiger partial charge is 0.417 e. The second-order valence-corrected chi connectivity index (χ2v) is 8.87. The fourth-order valence-corrected chi connectivity index (χ4v) is 4.53. The van der Waals surface area contributed by atoms with Crippen molar-refractivity contribution in [2.24, 2.45) is 11.8 Å². The molecule has 1 saturated heterocycles. The number of aromatic nitrogens is 4. The van der Waals surface area contributed by atoms with Crippen LogP contribution in [0.2, 0.25) is 0 Å². The zero-order chi connectivity index (χ0) is 23.9. The van der Waals surface area contributed by atoms with Gasteiger partial charge < -0.3 is 10.2 Å². The van der Waals surface area contributed by atoms with Crippen molar-refractivity contribution in [2.75, 3.05) is 18.4 Å². The number of pyridine rings is 2. The van der Waals surface area contributed by atoms with Crippen molar-refractivity contribution in [1.29, 1.82) is 0 Å². The highest BCUT2D eigenvalue weighted by Gasteiger charge is 2.47. The Morgan fingerprint density at radius 2 is 1.91 bits per heavy atom. The van der Waals surface area contributed by atoms with Gasteiger partial charge in [0.2, 0.25) is 0 Å². The Morgan fingerprint density at radius 3 is 2.62 bits per heavy atom. The maximum absolute atomic E-state index is 13.5. The van der Waals surface area contributed by atoms with E-state index in [4.69, 9.17) is 0 Å². The third-order valence-corrected chi connectivity index (χ3v) is 6.38. The zero-order valence-electron chi connectivity index (χ0n) is 18.5. The van der Waals surface area contributed by atoms with Crippen molar-refractivity contribution >= 4 is 11.7 Å². The van der Waals surface area contributed by atoms with Gasteiger partial charge in [0.25, 0.3) is 5.91 Å². The molecule has 3 atom stereocenters. The second-order valence-electron chi connectivity index (χ2n) is 8.87. The van der Waals surface area contributed by atoms with Crippen LogP contribution < -0.4 is 5.32 Å². The SMILES string of the molecule is Cc1cc(-c2ncccn2)cc(C(=O)N2C[C@@H]3C[C@@H]3C[C@H]2CNc2ccc(C(F)(F)F)cn2)n1. The van der Waals surface area contributed by atoms with Crippen LogP contribution in [-0.4, -0.2) is 49.9 Å². The molecule has 2 aliphatic rings. The van der Waals surface area contributed by atoms with Crippen LogP contribution in [-0.2, 0) is 6.18 Å². The molecule has 0 unspecified atom stereocenters. The van der Waals surface area contributed by atoms with E-state index in [-0.39, 0.29) is 11.9 Å². The Balaban J connectivity index is 1.34. The van der Waals surface area contributed by atoms with Crippen LogP contribution in [0.3, 0.4) is 0 Å². The number of hydrogen-bond acceptors (Lipinski definition) is 6. The number of aryl methyl sites for hydroxylation is 1. The lowest BCUT2D eigenvalue weighted by Crippen LogP contribution is -2.48. The van der Waals surface area contributed by atoms with E-state index in [2.05, 4.69) is 25.3 Å². The number of carbonyl (C=O) groups is 1. The van der Waals surface area contributed by atoms with Gasteiger partial charge in [-0.05, 0) is 61.9 Å². The Bertz CT molecular complexity index is 1190. The van der Waals surface area contributed by atoms with Gasteiger partial charge in [0.1, 0.15) is 11.5 Å². The summed E-state index contributed by atoms with van der Waals surface area (Å²) in [6.45, 7) is 2.86. The topological polar surface area (TPSA) is 83.9 Å². The summed E-state index contributed by atoms with van der Waals surface area (Å²) in [7, 11) is 0. The van der Waals surface area contributed by atoms with Crippen LogP contribution in [0.25, 0.3) is 11.4 Å². The number of nitrogens with zero attached hydrogens (tertiary/aromatic N) is 5. The average molecular weight is 468 g/mol. The molecule has 4 heterocycles. The first-order valence-electron chi connectivity index (χ1n) is 11.1. The molecule has 0 spiro atoms. The third-order valence-electron chi connectivity index (χ3n) is 6.38. The van der Waals surface area contributed by atoms with E-state index in [0.29, 0.717) is 48.0 Å². The number of piperidine rings is 1. The van der Waals surface area contributed by atoms with Gasteiger partial charge in [-0.2, -0.15) is 13.2 Å².